The van der Waals surface area contributed by atoms with E-state index in [4.69, 9.17) is 0 Å². The number of aromatic nitrogens is 2. The highest BCUT2D eigenvalue weighted by molar-refractivity contribution is 6.06. The third kappa shape index (κ3) is 4.97. The second-order valence-electron chi connectivity index (χ2n) is 10.3. The number of carbonyl (C=O) groups excluding carboxylic acids is 3. The lowest BCUT2D eigenvalue weighted by Gasteiger charge is -2.37. The highest BCUT2D eigenvalue weighted by atomic mass is 19.4. The number of rotatable bonds is 3. The zero-order valence-corrected chi connectivity index (χ0v) is 20.3. The predicted octanol–water partition coefficient (Wildman–Crippen LogP) is 3.72. The number of amides is 4. The number of imide groups is 1. The van der Waals surface area contributed by atoms with Crippen LogP contribution in [0.4, 0.5) is 26.7 Å². The second-order valence-corrected chi connectivity index (χ2v) is 10.3. The van der Waals surface area contributed by atoms with Crippen molar-refractivity contribution in [2.45, 2.75) is 63.2 Å². The van der Waals surface area contributed by atoms with E-state index < -0.39 is 47.6 Å². The van der Waals surface area contributed by atoms with E-state index in [0.29, 0.717) is 12.8 Å². The van der Waals surface area contributed by atoms with E-state index in [9.17, 15) is 36.3 Å². The zero-order chi connectivity index (χ0) is 27.2. The van der Waals surface area contributed by atoms with Gasteiger partial charge in [-0.2, -0.15) is 13.2 Å². The molecule has 5 rings (SSSR count). The first-order valence-corrected chi connectivity index (χ1v) is 12.4. The molecule has 3 aliphatic rings. The van der Waals surface area contributed by atoms with Gasteiger partial charge in [0.05, 0.1) is 17.9 Å². The Morgan fingerprint density at radius 3 is 2.55 bits per heavy atom. The van der Waals surface area contributed by atoms with Gasteiger partial charge in [0, 0.05) is 43.9 Å². The Labute approximate surface area is 214 Å². The van der Waals surface area contributed by atoms with Crippen LogP contribution in [0.2, 0.25) is 0 Å². The predicted molar refractivity (Wildman–Crippen MR) is 123 cm³/mol. The first kappa shape index (κ1) is 26.1. The Hall–Kier alpha value is -3.51. The van der Waals surface area contributed by atoms with Gasteiger partial charge in [-0.05, 0) is 37.3 Å². The number of carbonyl (C=O) groups is 3. The molecule has 2 fully saturated rings. The van der Waals surface area contributed by atoms with Gasteiger partial charge in [-0.1, -0.05) is 12.1 Å². The standard InChI is InChI=1S/C25H26F5N5O3/c26-17-3-1-2-16(20(17)27)14-4-5-18(21-31-12-15(35(21)13-14)10-25(28,29)30)32-23(38)34-8-6-24(7-9-34)11-19(36)33-22(24)37/h1-3,12,14,18H,4-11,13H2,(H,32,38)(H,33,36,37)/t14-,18-/m1/s1. The van der Waals surface area contributed by atoms with E-state index in [0.717, 1.165) is 12.3 Å². The number of likely N-dealkylation sites (tertiary alicyclic amines) is 1. The molecule has 2 aromatic rings. The molecule has 1 spiro atoms. The Bertz CT molecular complexity index is 1270. The van der Waals surface area contributed by atoms with Gasteiger partial charge >= 0.3 is 12.2 Å². The fourth-order valence-electron chi connectivity index (χ4n) is 5.77. The topological polar surface area (TPSA) is 96.3 Å². The van der Waals surface area contributed by atoms with Crippen LogP contribution in [-0.2, 0) is 22.6 Å². The molecular weight excluding hydrogens is 513 g/mol. The number of halogens is 5. The van der Waals surface area contributed by atoms with Gasteiger partial charge in [0.2, 0.25) is 11.8 Å². The molecule has 0 bridgehead atoms. The molecular formula is C25H26F5N5O3. The van der Waals surface area contributed by atoms with Crippen molar-refractivity contribution in [3.8, 4) is 0 Å². The molecule has 1 aromatic carbocycles. The van der Waals surface area contributed by atoms with E-state index >= 15 is 0 Å². The number of alkyl halides is 3. The molecule has 4 amide bonds. The number of hydrogen-bond donors (Lipinski definition) is 2. The largest absolute Gasteiger partial charge is 0.394 e. The molecule has 0 radical (unpaired) electrons. The number of nitrogens with one attached hydrogen (secondary N) is 2. The van der Waals surface area contributed by atoms with Crippen molar-refractivity contribution in [1.82, 2.24) is 25.1 Å². The lowest BCUT2D eigenvalue weighted by atomic mass is 9.77. The molecule has 38 heavy (non-hydrogen) atoms. The summed E-state index contributed by atoms with van der Waals surface area (Å²) in [5, 5.41) is 5.16. The fraction of sp³-hybridized carbons (Fsp3) is 0.520. The molecule has 0 saturated carbocycles. The van der Waals surface area contributed by atoms with Crippen molar-refractivity contribution in [3.05, 3.63) is 53.1 Å². The lowest BCUT2D eigenvalue weighted by molar-refractivity contribution is -0.130. The highest BCUT2D eigenvalue weighted by Gasteiger charge is 2.49. The van der Waals surface area contributed by atoms with Gasteiger partial charge in [0.25, 0.3) is 0 Å². The second kappa shape index (κ2) is 9.66. The summed E-state index contributed by atoms with van der Waals surface area (Å²) in [6.07, 6.45) is -3.45. The van der Waals surface area contributed by atoms with Crippen molar-refractivity contribution in [2.24, 2.45) is 5.41 Å². The van der Waals surface area contributed by atoms with Crippen LogP contribution >= 0.6 is 0 Å². The summed E-state index contributed by atoms with van der Waals surface area (Å²) in [6.45, 7) is 0.400. The number of fused-ring (bicyclic) bond motifs is 1. The summed E-state index contributed by atoms with van der Waals surface area (Å²) in [5.41, 5.74) is -0.895. The van der Waals surface area contributed by atoms with Crippen LogP contribution in [0.3, 0.4) is 0 Å². The third-order valence-electron chi connectivity index (χ3n) is 7.83. The van der Waals surface area contributed by atoms with Crippen LogP contribution in [0.15, 0.2) is 24.4 Å². The molecule has 2 saturated heterocycles. The maximum absolute atomic E-state index is 14.6. The molecule has 4 heterocycles. The van der Waals surface area contributed by atoms with Gasteiger partial charge in [-0.15, -0.1) is 0 Å². The van der Waals surface area contributed by atoms with Crippen LogP contribution in [0, 0.1) is 17.0 Å². The molecule has 2 atom stereocenters. The summed E-state index contributed by atoms with van der Waals surface area (Å²) >= 11 is 0. The average molecular weight is 540 g/mol. The van der Waals surface area contributed by atoms with E-state index in [1.165, 1.54) is 21.6 Å². The van der Waals surface area contributed by atoms with Crippen LogP contribution in [0.1, 0.15) is 61.1 Å². The Kier molecular flexibility index (Phi) is 6.64. The van der Waals surface area contributed by atoms with E-state index in [2.05, 4.69) is 15.6 Å². The summed E-state index contributed by atoms with van der Waals surface area (Å²) in [4.78, 5) is 42.7. The quantitative estimate of drug-likeness (QED) is 0.459. The number of imidazole rings is 1. The molecule has 2 N–H and O–H groups in total. The van der Waals surface area contributed by atoms with Gasteiger partial charge < -0.3 is 14.8 Å². The van der Waals surface area contributed by atoms with Crippen molar-refractivity contribution >= 4 is 17.8 Å². The van der Waals surface area contributed by atoms with Crippen molar-refractivity contribution in [3.63, 3.8) is 0 Å². The number of urea groups is 1. The first-order valence-electron chi connectivity index (χ1n) is 12.4. The van der Waals surface area contributed by atoms with Crippen LogP contribution in [-0.4, -0.2) is 51.6 Å². The molecule has 8 nitrogen and oxygen atoms in total. The van der Waals surface area contributed by atoms with E-state index in [1.807, 2.05) is 0 Å². The monoisotopic (exact) mass is 539 g/mol. The summed E-state index contributed by atoms with van der Waals surface area (Å²) in [6, 6.07) is 2.50. The number of hydrogen-bond acceptors (Lipinski definition) is 4. The Balaban J connectivity index is 1.36. The van der Waals surface area contributed by atoms with Crippen molar-refractivity contribution in [1.29, 1.82) is 0 Å². The van der Waals surface area contributed by atoms with Gasteiger partial charge in [-0.3, -0.25) is 14.9 Å². The minimum Gasteiger partial charge on any atom is -0.329 e. The maximum Gasteiger partial charge on any atom is 0.394 e. The third-order valence-corrected chi connectivity index (χ3v) is 7.83. The number of piperidine rings is 1. The van der Waals surface area contributed by atoms with Crippen LogP contribution < -0.4 is 10.6 Å². The van der Waals surface area contributed by atoms with E-state index in [-0.39, 0.29) is 67.8 Å². The van der Waals surface area contributed by atoms with Gasteiger partial charge in [0.15, 0.2) is 11.6 Å². The number of benzene rings is 1. The highest BCUT2D eigenvalue weighted by Crippen LogP contribution is 2.39. The molecule has 0 aliphatic carbocycles. The number of nitrogens with zero attached hydrogens (tertiary/aromatic N) is 3. The average Bonchev–Trinajstić information content (AvgIpc) is 3.28. The SMILES string of the molecule is O=C1CC2(CCN(C(=O)N[C@@H]3CC[C@@H](c4cccc(F)c4F)Cn4c(CC(F)(F)F)cnc43)CC2)C(=O)N1. The lowest BCUT2D eigenvalue weighted by Crippen LogP contribution is -2.50. The van der Waals surface area contributed by atoms with Gasteiger partial charge in [0.1, 0.15) is 5.82 Å². The summed E-state index contributed by atoms with van der Waals surface area (Å²) in [7, 11) is 0. The van der Waals surface area contributed by atoms with Crippen LogP contribution in [0.5, 0.6) is 0 Å². The van der Waals surface area contributed by atoms with Gasteiger partial charge in [-0.25, -0.2) is 18.6 Å². The molecule has 13 heteroatoms. The fourth-order valence-corrected chi connectivity index (χ4v) is 5.77. The van der Waals surface area contributed by atoms with Crippen molar-refractivity contribution < 1.29 is 36.3 Å². The molecule has 3 aliphatic heterocycles. The molecule has 1 aromatic heterocycles. The maximum atomic E-state index is 14.6. The first-order chi connectivity index (χ1) is 18.0. The molecule has 0 unspecified atom stereocenters. The zero-order valence-electron chi connectivity index (χ0n) is 20.3. The summed E-state index contributed by atoms with van der Waals surface area (Å²) < 4.78 is 69.7. The summed E-state index contributed by atoms with van der Waals surface area (Å²) in [5.74, 6) is -3.18. The van der Waals surface area contributed by atoms with Crippen molar-refractivity contribution in [2.75, 3.05) is 13.1 Å². The Morgan fingerprint density at radius 2 is 1.89 bits per heavy atom. The van der Waals surface area contributed by atoms with Crippen LogP contribution in [0.25, 0.3) is 0 Å². The normalized spacial score (nSPS) is 23.2. The minimum atomic E-state index is -4.51. The minimum absolute atomic E-state index is 0.0527. The smallest absolute Gasteiger partial charge is 0.329 e. The Morgan fingerprint density at radius 1 is 1.16 bits per heavy atom. The molecule has 204 valence electrons. The van der Waals surface area contributed by atoms with E-state index in [1.54, 1.807) is 0 Å².